The lowest BCUT2D eigenvalue weighted by atomic mass is 9.67. The highest BCUT2D eigenvalue weighted by Gasteiger charge is 2.73. The van der Waals surface area contributed by atoms with Crippen molar-refractivity contribution in [1.82, 2.24) is 0 Å². The van der Waals surface area contributed by atoms with Gasteiger partial charge in [0, 0.05) is 23.7 Å². The molecule has 7 saturated carbocycles. The molecule has 21 nitrogen and oxygen atoms in total. The number of hydrogen-bond acceptors (Lipinski definition) is 21. The quantitative estimate of drug-likeness (QED) is 0.0223. The Morgan fingerprint density at radius 3 is 1.22 bits per heavy atom. The molecule has 0 amide bonds. The summed E-state index contributed by atoms with van der Waals surface area (Å²) in [5.74, 6) is -4.90. The van der Waals surface area contributed by atoms with Crippen LogP contribution >= 0.6 is 0 Å². The van der Waals surface area contributed by atoms with E-state index in [9.17, 15) is 90.7 Å². The first-order valence-corrected chi connectivity index (χ1v) is 47.2. The Hall–Kier alpha value is -7.38. The zero-order valence-corrected chi connectivity index (χ0v) is 80.9. The van der Waals surface area contributed by atoms with E-state index in [-0.39, 0.29) is 77.8 Å². The zero-order valence-electron chi connectivity index (χ0n) is 80.9. The highest BCUT2D eigenvalue weighted by atomic mass is 19.4. The van der Waals surface area contributed by atoms with Gasteiger partial charge in [-0.1, -0.05) is 135 Å². The molecule has 13 atom stereocenters. The number of nitrogens with zero attached hydrogens (tertiary/aromatic N) is 1. The van der Waals surface area contributed by atoms with Gasteiger partial charge in [0.25, 0.3) is 0 Å². The SMILES string of the molecule is CCC(C)(C)C(=O)OC1(C)CCCC1.CCC(C)(C)C(=O)OC1(c2ccccc2)CCCC1.CCC(C)(C)C(=O)OC1CC(C(C)(O)C(F)(F)F)CC(C(C)(O)C(F)(F)F)C1.CCC(C)(CO)C(=O)OC1(c2ccccc2)CCCC1.CCC(C)(CO)C(=O)OC1C2CC3C1OC(=O)C3(C#N)C2.CCC(C)c1ccc(O)cc1.CCC1(OC(=O)C(C)(CC)CO)CCCC1. The number of nitriles is 1. The molecule has 2 bridgehead atoms. The summed E-state index contributed by atoms with van der Waals surface area (Å²) in [5, 5.41) is 66.5. The van der Waals surface area contributed by atoms with Crippen LogP contribution in [0.2, 0.25) is 0 Å². The number of phenolic OH excluding ortho intramolecular Hbond substituents is 1. The van der Waals surface area contributed by atoms with Crippen LogP contribution in [0.3, 0.4) is 0 Å². The number of alkyl halides is 6. The van der Waals surface area contributed by atoms with Crippen LogP contribution in [0.5, 0.6) is 5.75 Å². The molecular formula is C102H155F6NO20. The second-order valence-corrected chi connectivity index (χ2v) is 41.0. The van der Waals surface area contributed by atoms with Crippen LogP contribution in [-0.2, 0) is 77.9 Å². The third-order valence-corrected chi connectivity index (χ3v) is 30.4. The van der Waals surface area contributed by atoms with Crippen LogP contribution in [0.1, 0.15) is 354 Å². The Kier molecular flexibility index (Phi) is 40.0. The standard InChI is InChI=1S/C18H28F6O4.C17H24O3.C17H24O2.C15H19NO5.C13H24O3.C12H22O2.C10H14O/c1-6-14(2,3)13(25)28-12-8-10(15(4,26)17(19,20)21)7-11(9-12)16(5,27)18(22,23)24;1-3-16(2,13-18)15(19)20-17(11-7-8-12-17)14-9-5-4-6-10-14;1-4-16(2,3)15(18)19-17(12-8-9-13-17)14-10-6-5-7-11-14;1-3-14(2,7-17)12(18)20-10-8-4-9-11(10)21-13(19)15(9,5-8)6-16;1-4-12(3,10-14)11(15)16-13(5-2)8-6-7-9-13;1-5-11(2,3)10(13)14-12(4)8-6-7-9-12;1-3-8(2)9-4-6-10(11)7-5-9/h10-12,26-27H,6-9H2,1-5H3;4-6,9-10,18H,3,7-8,11-13H2,1-2H3;5-7,10-11H,4,8-9,12-13H2,1-3H3;8-11,17H,3-5,7H2,1-2H3;14H,4-10H2,1-3H3;5-9H2,1-4H3;4-8,11H,3H2,1-2H3. The predicted octanol–water partition coefficient (Wildman–Crippen LogP) is 21.9. The molecule has 730 valence electrons. The van der Waals surface area contributed by atoms with Gasteiger partial charge in [-0.25, -0.2) is 0 Å². The van der Waals surface area contributed by atoms with Crippen molar-refractivity contribution in [2.45, 2.75) is 402 Å². The second-order valence-electron chi connectivity index (χ2n) is 41.0. The first-order valence-electron chi connectivity index (χ1n) is 47.2. The fourth-order valence-corrected chi connectivity index (χ4v) is 17.4. The normalized spacial score (nSPS) is 25.2. The van der Waals surface area contributed by atoms with Crippen LogP contribution in [-0.4, -0.2) is 145 Å². The van der Waals surface area contributed by atoms with E-state index in [2.05, 4.69) is 45.9 Å². The molecule has 1 aliphatic heterocycles. The van der Waals surface area contributed by atoms with E-state index in [1.54, 1.807) is 53.7 Å². The van der Waals surface area contributed by atoms with Crippen LogP contribution < -0.4 is 0 Å². The van der Waals surface area contributed by atoms with Gasteiger partial charge in [-0.3, -0.25) is 33.6 Å². The third-order valence-electron chi connectivity index (χ3n) is 30.4. The zero-order chi connectivity index (χ0) is 97.7. The van der Waals surface area contributed by atoms with Gasteiger partial charge in [0.15, 0.2) is 16.6 Å². The minimum atomic E-state index is -5.10. The molecule has 27 heteroatoms. The van der Waals surface area contributed by atoms with Crippen LogP contribution in [0.4, 0.5) is 26.3 Å². The first-order chi connectivity index (χ1) is 59.9. The number of carbonyl (C=O) groups is 7. The van der Waals surface area contributed by atoms with Crippen molar-refractivity contribution in [3.63, 3.8) is 0 Å². The van der Waals surface area contributed by atoms with Gasteiger partial charge in [0.2, 0.25) is 0 Å². The Labute approximate surface area is 763 Å². The van der Waals surface area contributed by atoms with E-state index >= 15 is 0 Å². The maximum atomic E-state index is 13.3. The summed E-state index contributed by atoms with van der Waals surface area (Å²) in [5.41, 5.74) is -9.57. The molecule has 0 radical (unpaired) electrons. The van der Waals surface area contributed by atoms with Crippen LogP contribution in [0.25, 0.3) is 0 Å². The lowest BCUT2D eigenvalue weighted by Gasteiger charge is -2.46. The van der Waals surface area contributed by atoms with Crippen molar-refractivity contribution < 1.29 is 124 Å². The molecule has 8 aliphatic rings. The summed E-state index contributed by atoms with van der Waals surface area (Å²) in [6.45, 7) is 36.3. The lowest BCUT2D eigenvalue weighted by Crippen LogP contribution is -2.57. The Bertz CT molecular complexity index is 4050. The second kappa shape index (κ2) is 46.0. The lowest BCUT2D eigenvalue weighted by molar-refractivity contribution is -0.299. The highest BCUT2D eigenvalue weighted by molar-refractivity contribution is 5.85. The predicted molar refractivity (Wildman–Crippen MR) is 479 cm³/mol. The molecule has 6 N–H and O–H groups in total. The molecule has 0 aromatic heterocycles. The van der Waals surface area contributed by atoms with Gasteiger partial charge in [0.05, 0.1) is 58.4 Å². The number of hydrogen-bond donors (Lipinski definition) is 6. The van der Waals surface area contributed by atoms with Crippen molar-refractivity contribution in [2.24, 2.45) is 61.6 Å². The van der Waals surface area contributed by atoms with Crippen molar-refractivity contribution in [3.05, 3.63) is 102 Å². The van der Waals surface area contributed by atoms with Gasteiger partial charge in [-0.2, -0.15) is 31.6 Å². The summed E-state index contributed by atoms with van der Waals surface area (Å²) < 4.78 is 119. The fourth-order valence-electron chi connectivity index (χ4n) is 17.4. The topological polar surface area (TPSA) is 329 Å². The number of halogens is 6. The fraction of sp³-hybridized carbons (Fsp3) is 0.745. The summed E-state index contributed by atoms with van der Waals surface area (Å²) in [6.07, 6.45) is 9.38. The maximum Gasteiger partial charge on any atom is 0.417 e. The minimum absolute atomic E-state index is 0.00477. The van der Waals surface area contributed by atoms with Crippen molar-refractivity contribution in [1.29, 1.82) is 5.26 Å². The smallest absolute Gasteiger partial charge is 0.417 e. The molecule has 13 unspecified atom stereocenters. The van der Waals surface area contributed by atoms with Gasteiger partial charge >= 0.3 is 54.1 Å². The van der Waals surface area contributed by atoms with Crippen LogP contribution in [0.15, 0.2) is 84.9 Å². The molecule has 129 heavy (non-hydrogen) atoms. The largest absolute Gasteiger partial charge is 0.508 e. The number of aliphatic hydroxyl groups is 5. The van der Waals surface area contributed by atoms with E-state index in [1.165, 1.54) is 18.4 Å². The maximum absolute atomic E-state index is 13.3. The van der Waals surface area contributed by atoms with Gasteiger partial charge in [-0.05, 0) is 304 Å². The van der Waals surface area contributed by atoms with Gasteiger partial charge in [0.1, 0.15) is 46.5 Å². The number of esters is 7. The number of fused-ring (bicyclic) bond motifs is 1. The highest BCUT2D eigenvalue weighted by Crippen LogP contribution is 2.63. The summed E-state index contributed by atoms with van der Waals surface area (Å²) in [7, 11) is 0. The number of aliphatic hydroxyl groups excluding tert-OH is 3. The molecule has 3 aromatic carbocycles. The Balaban J connectivity index is 0.000000271. The van der Waals surface area contributed by atoms with Crippen LogP contribution in [0, 0.1) is 72.9 Å². The number of benzene rings is 3. The van der Waals surface area contributed by atoms with Gasteiger partial charge < -0.3 is 63.8 Å². The molecule has 7 aliphatic carbocycles. The molecule has 1 saturated heterocycles. The molecule has 8 fully saturated rings. The average Bonchev–Trinajstić information content (AvgIpc) is 1.53. The van der Waals surface area contributed by atoms with Gasteiger partial charge in [-0.15, -0.1) is 0 Å². The summed E-state index contributed by atoms with van der Waals surface area (Å²) >= 11 is 0. The molecular weight excluding hydrogens is 1670 g/mol. The molecule has 3 aromatic rings. The Morgan fingerprint density at radius 1 is 0.481 bits per heavy atom. The van der Waals surface area contributed by atoms with E-state index in [0.717, 1.165) is 127 Å². The number of phenols is 1. The molecule has 0 spiro atoms. The van der Waals surface area contributed by atoms with Crippen molar-refractivity contribution in [2.75, 3.05) is 19.8 Å². The number of rotatable bonds is 28. The molecule has 1 heterocycles. The van der Waals surface area contributed by atoms with Crippen molar-refractivity contribution >= 4 is 41.8 Å². The average molecular weight is 1830 g/mol. The Morgan fingerprint density at radius 2 is 0.853 bits per heavy atom. The van der Waals surface area contributed by atoms with E-state index in [1.807, 2.05) is 123 Å². The number of ether oxygens (including phenoxy) is 7. The third kappa shape index (κ3) is 27.5. The monoisotopic (exact) mass is 1830 g/mol. The number of carbonyl (C=O) groups excluding carboxylic acids is 7. The summed E-state index contributed by atoms with van der Waals surface area (Å²) in [6, 6.07) is 29.7. The first kappa shape index (κ1) is 112. The minimum Gasteiger partial charge on any atom is -0.508 e. The number of aromatic hydroxyl groups is 1. The molecule has 11 rings (SSSR count). The summed E-state index contributed by atoms with van der Waals surface area (Å²) in [4.78, 5) is 85.3. The van der Waals surface area contributed by atoms with Crippen molar-refractivity contribution in [3.8, 4) is 11.8 Å². The van der Waals surface area contributed by atoms with E-state index < -0.39 is 129 Å². The van der Waals surface area contributed by atoms with E-state index in [0.29, 0.717) is 64.0 Å². The van der Waals surface area contributed by atoms with E-state index in [4.69, 9.17) is 38.3 Å².